The summed E-state index contributed by atoms with van der Waals surface area (Å²) in [7, 11) is 0. The smallest absolute Gasteiger partial charge is 0.0954 e. The number of pyridine rings is 1. The maximum absolute atomic E-state index is 6.00. The Balaban J connectivity index is 2.04. The minimum atomic E-state index is 0.209. The Labute approximate surface area is 107 Å². The minimum Gasteiger partial charge on any atom is -0.398 e. The number of nitrogens with one attached hydrogen (secondary N) is 1. The van der Waals surface area contributed by atoms with Gasteiger partial charge < -0.3 is 11.1 Å². The van der Waals surface area contributed by atoms with E-state index in [9.17, 15) is 0 Å². The average molecular weight is 241 g/mol. The zero-order chi connectivity index (χ0) is 12.6. The van der Waals surface area contributed by atoms with Gasteiger partial charge in [0.2, 0.25) is 0 Å². The molecule has 3 N–H and O–H groups in total. The molecule has 0 unspecified atom stereocenters. The molecule has 0 amide bonds. The predicted molar refractivity (Wildman–Crippen MR) is 76.7 cm³/mol. The van der Waals surface area contributed by atoms with E-state index in [0.29, 0.717) is 0 Å². The van der Waals surface area contributed by atoms with Crippen LogP contribution in [0.5, 0.6) is 0 Å². The third-order valence-corrected chi connectivity index (χ3v) is 3.95. The Morgan fingerprint density at radius 3 is 2.78 bits per heavy atom. The summed E-state index contributed by atoms with van der Waals surface area (Å²) < 4.78 is 0. The number of aromatic nitrogens is 1. The van der Waals surface area contributed by atoms with Crippen molar-refractivity contribution in [1.82, 2.24) is 4.98 Å². The van der Waals surface area contributed by atoms with Gasteiger partial charge in [0.15, 0.2) is 0 Å². The fraction of sp³-hybridized carbons (Fsp3) is 0.400. The SMILES string of the molecule is CC1(Nc2ccc(N)c3cccnc23)CCCC1. The van der Waals surface area contributed by atoms with Crippen LogP contribution in [-0.4, -0.2) is 10.5 Å². The summed E-state index contributed by atoms with van der Waals surface area (Å²) in [6, 6.07) is 7.97. The number of hydrogen-bond donors (Lipinski definition) is 2. The molecule has 1 aliphatic rings. The molecule has 0 radical (unpaired) electrons. The van der Waals surface area contributed by atoms with E-state index in [1.165, 1.54) is 25.7 Å². The molecule has 1 aromatic heterocycles. The van der Waals surface area contributed by atoms with Crippen molar-refractivity contribution in [3.8, 4) is 0 Å². The molecule has 94 valence electrons. The molecule has 1 saturated carbocycles. The molecule has 3 rings (SSSR count). The molecule has 0 spiro atoms. The van der Waals surface area contributed by atoms with Gasteiger partial charge in [-0.05, 0) is 44.0 Å². The Hall–Kier alpha value is -1.77. The Kier molecular flexibility index (Phi) is 2.62. The third-order valence-electron chi connectivity index (χ3n) is 3.95. The standard InChI is InChI=1S/C15H19N3/c1-15(8-2-3-9-15)18-13-7-6-12(16)11-5-4-10-17-14(11)13/h4-7,10,18H,2-3,8-9,16H2,1H3. The Bertz CT molecular complexity index is 571. The number of nitrogen functional groups attached to an aromatic ring is 1. The van der Waals surface area contributed by atoms with E-state index in [4.69, 9.17) is 5.73 Å². The number of hydrogen-bond acceptors (Lipinski definition) is 3. The summed E-state index contributed by atoms with van der Waals surface area (Å²) >= 11 is 0. The first-order valence-electron chi connectivity index (χ1n) is 6.59. The van der Waals surface area contributed by atoms with Gasteiger partial charge in [-0.3, -0.25) is 4.98 Å². The van der Waals surface area contributed by atoms with Crippen LogP contribution in [0.4, 0.5) is 11.4 Å². The fourth-order valence-electron chi connectivity index (χ4n) is 2.90. The molecule has 0 aliphatic heterocycles. The molecule has 3 nitrogen and oxygen atoms in total. The number of benzene rings is 1. The number of nitrogens with zero attached hydrogens (tertiary/aromatic N) is 1. The van der Waals surface area contributed by atoms with Gasteiger partial charge in [0.1, 0.15) is 0 Å². The highest BCUT2D eigenvalue weighted by Gasteiger charge is 2.28. The monoisotopic (exact) mass is 241 g/mol. The number of nitrogens with two attached hydrogens (primary N) is 1. The second-order valence-corrected chi connectivity index (χ2v) is 5.49. The quantitative estimate of drug-likeness (QED) is 0.790. The number of rotatable bonds is 2. The van der Waals surface area contributed by atoms with Crippen LogP contribution in [0, 0.1) is 0 Å². The summed E-state index contributed by atoms with van der Waals surface area (Å²) in [4.78, 5) is 4.47. The highest BCUT2D eigenvalue weighted by molar-refractivity contribution is 5.98. The van der Waals surface area contributed by atoms with E-state index in [-0.39, 0.29) is 5.54 Å². The van der Waals surface area contributed by atoms with Crippen molar-refractivity contribution in [3.05, 3.63) is 30.5 Å². The average Bonchev–Trinajstić information content (AvgIpc) is 2.80. The van der Waals surface area contributed by atoms with Gasteiger partial charge in [0.25, 0.3) is 0 Å². The van der Waals surface area contributed by atoms with E-state index in [1.54, 1.807) is 0 Å². The summed E-state index contributed by atoms with van der Waals surface area (Å²) in [5, 5.41) is 4.70. The predicted octanol–water partition coefficient (Wildman–Crippen LogP) is 3.56. The summed E-state index contributed by atoms with van der Waals surface area (Å²) in [6.45, 7) is 2.30. The number of fused-ring (bicyclic) bond motifs is 1. The van der Waals surface area contributed by atoms with Crippen LogP contribution in [0.2, 0.25) is 0 Å². The summed E-state index contributed by atoms with van der Waals surface area (Å²) in [5.41, 5.74) is 9.08. The highest BCUT2D eigenvalue weighted by Crippen LogP contribution is 2.35. The van der Waals surface area contributed by atoms with Crippen molar-refractivity contribution >= 4 is 22.3 Å². The number of anilines is 2. The molecule has 1 aromatic carbocycles. The largest absolute Gasteiger partial charge is 0.398 e. The van der Waals surface area contributed by atoms with E-state index in [0.717, 1.165) is 22.3 Å². The molecule has 18 heavy (non-hydrogen) atoms. The zero-order valence-corrected chi connectivity index (χ0v) is 10.7. The second-order valence-electron chi connectivity index (χ2n) is 5.49. The van der Waals surface area contributed by atoms with Crippen molar-refractivity contribution in [1.29, 1.82) is 0 Å². The molecule has 2 aromatic rings. The normalized spacial score (nSPS) is 18.1. The first kappa shape index (κ1) is 11.3. The zero-order valence-electron chi connectivity index (χ0n) is 10.7. The van der Waals surface area contributed by atoms with Gasteiger partial charge in [-0.25, -0.2) is 0 Å². The lowest BCUT2D eigenvalue weighted by Gasteiger charge is -2.27. The fourth-order valence-corrected chi connectivity index (χ4v) is 2.90. The first-order chi connectivity index (χ1) is 8.68. The second kappa shape index (κ2) is 4.16. The third kappa shape index (κ3) is 1.90. The van der Waals surface area contributed by atoms with Crippen molar-refractivity contribution in [2.24, 2.45) is 0 Å². The molecular weight excluding hydrogens is 222 g/mol. The highest BCUT2D eigenvalue weighted by atomic mass is 15.0. The lowest BCUT2D eigenvalue weighted by atomic mass is 9.99. The van der Waals surface area contributed by atoms with E-state index < -0.39 is 0 Å². The van der Waals surface area contributed by atoms with Crippen molar-refractivity contribution in [2.75, 3.05) is 11.1 Å². The van der Waals surface area contributed by atoms with Gasteiger partial charge in [0.05, 0.1) is 11.2 Å². The van der Waals surface area contributed by atoms with Gasteiger partial charge in [0, 0.05) is 22.8 Å². The maximum atomic E-state index is 6.00. The molecule has 1 heterocycles. The van der Waals surface area contributed by atoms with Crippen LogP contribution < -0.4 is 11.1 Å². The maximum Gasteiger partial charge on any atom is 0.0954 e. The van der Waals surface area contributed by atoms with E-state index in [1.807, 2.05) is 30.5 Å². The van der Waals surface area contributed by atoms with E-state index >= 15 is 0 Å². The molecule has 1 aliphatic carbocycles. The van der Waals surface area contributed by atoms with Gasteiger partial charge in [-0.15, -0.1) is 0 Å². The Morgan fingerprint density at radius 1 is 1.22 bits per heavy atom. The van der Waals surface area contributed by atoms with Crippen LogP contribution >= 0.6 is 0 Å². The van der Waals surface area contributed by atoms with Crippen molar-refractivity contribution < 1.29 is 0 Å². The molecule has 3 heteroatoms. The van der Waals surface area contributed by atoms with Crippen molar-refractivity contribution in [2.45, 2.75) is 38.1 Å². The topological polar surface area (TPSA) is 50.9 Å². The van der Waals surface area contributed by atoms with Gasteiger partial charge in [-0.1, -0.05) is 12.8 Å². The van der Waals surface area contributed by atoms with Crippen LogP contribution in [-0.2, 0) is 0 Å². The lowest BCUT2D eigenvalue weighted by Crippen LogP contribution is -2.30. The minimum absolute atomic E-state index is 0.209. The Morgan fingerprint density at radius 2 is 2.00 bits per heavy atom. The molecule has 1 fully saturated rings. The van der Waals surface area contributed by atoms with Crippen LogP contribution in [0.1, 0.15) is 32.6 Å². The first-order valence-corrected chi connectivity index (χ1v) is 6.59. The van der Waals surface area contributed by atoms with Crippen molar-refractivity contribution in [3.63, 3.8) is 0 Å². The van der Waals surface area contributed by atoms with Crippen LogP contribution in [0.15, 0.2) is 30.5 Å². The van der Waals surface area contributed by atoms with Gasteiger partial charge in [-0.2, -0.15) is 0 Å². The van der Waals surface area contributed by atoms with Gasteiger partial charge >= 0.3 is 0 Å². The molecular formula is C15H19N3. The summed E-state index contributed by atoms with van der Waals surface area (Å²) in [6.07, 6.45) is 6.90. The molecule has 0 atom stereocenters. The molecule has 0 saturated heterocycles. The van der Waals surface area contributed by atoms with Crippen LogP contribution in [0.25, 0.3) is 10.9 Å². The lowest BCUT2D eigenvalue weighted by molar-refractivity contribution is 0.534. The molecule has 0 bridgehead atoms. The summed E-state index contributed by atoms with van der Waals surface area (Å²) in [5.74, 6) is 0. The van der Waals surface area contributed by atoms with Crippen LogP contribution in [0.3, 0.4) is 0 Å². The van der Waals surface area contributed by atoms with E-state index in [2.05, 4.69) is 17.2 Å².